The fourth-order valence-electron chi connectivity index (χ4n) is 6.58. The standard InChI is InChI=1S/C45H86O6/c1-6-7-8-9-10-11-12-16-19-25-30-35-43(46)49-38-42(39-50-44(47)36-31-26-22-21-24-29-34-41(4)5)51-45(48)37-32-27-20-17-14-13-15-18-23-28-33-40(2)3/h40-42H,6-39H2,1-5H3/t42-/m0/s1. The van der Waals surface area contributed by atoms with Crippen molar-refractivity contribution in [3.63, 3.8) is 0 Å². The Balaban J connectivity index is 4.33. The van der Waals surface area contributed by atoms with Crippen LogP contribution in [0.25, 0.3) is 0 Å². The van der Waals surface area contributed by atoms with Gasteiger partial charge in [0.25, 0.3) is 0 Å². The van der Waals surface area contributed by atoms with Crippen molar-refractivity contribution in [2.45, 2.75) is 246 Å². The Morgan fingerprint density at radius 2 is 0.647 bits per heavy atom. The molecule has 0 bridgehead atoms. The third kappa shape index (κ3) is 39.5. The van der Waals surface area contributed by atoms with Gasteiger partial charge in [0.15, 0.2) is 6.10 Å². The van der Waals surface area contributed by atoms with E-state index < -0.39 is 6.10 Å². The van der Waals surface area contributed by atoms with Crippen LogP contribution < -0.4 is 0 Å². The summed E-state index contributed by atoms with van der Waals surface area (Å²) in [5.74, 6) is 0.715. The van der Waals surface area contributed by atoms with Crippen molar-refractivity contribution in [2.24, 2.45) is 11.8 Å². The molecule has 0 amide bonds. The van der Waals surface area contributed by atoms with Gasteiger partial charge in [0.1, 0.15) is 13.2 Å². The van der Waals surface area contributed by atoms with Crippen molar-refractivity contribution in [2.75, 3.05) is 13.2 Å². The summed E-state index contributed by atoms with van der Waals surface area (Å²) in [4.78, 5) is 37.6. The molecule has 0 heterocycles. The lowest BCUT2D eigenvalue weighted by Crippen LogP contribution is -2.30. The highest BCUT2D eigenvalue weighted by atomic mass is 16.6. The normalized spacial score (nSPS) is 12.1. The summed E-state index contributed by atoms with van der Waals surface area (Å²) in [6.45, 7) is 11.2. The van der Waals surface area contributed by atoms with Crippen molar-refractivity contribution in [3.05, 3.63) is 0 Å². The molecule has 6 nitrogen and oxygen atoms in total. The van der Waals surface area contributed by atoms with Crippen molar-refractivity contribution < 1.29 is 28.6 Å². The van der Waals surface area contributed by atoms with Crippen LogP contribution in [0.3, 0.4) is 0 Å². The van der Waals surface area contributed by atoms with E-state index in [1.54, 1.807) is 0 Å². The second-order valence-corrected chi connectivity index (χ2v) is 16.3. The molecule has 0 rings (SSSR count). The van der Waals surface area contributed by atoms with Crippen LogP contribution in [0, 0.1) is 11.8 Å². The maximum Gasteiger partial charge on any atom is 0.306 e. The predicted octanol–water partition coefficient (Wildman–Crippen LogP) is 13.8. The summed E-state index contributed by atoms with van der Waals surface area (Å²) in [7, 11) is 0. The lowest BCUT2D eigenvalue weighted by molar-refractivity contribution is -0.167. The molecule has 51 heavy (non-hydrogen) atoms. The number of carbonyl (C=O) groups is 3. The average Bonchev–Trinajstić information content (AvgIpc) is 3.09. The molecule has 0 radical (unpaired) electrons. The summed E-state index contributed by atoms with van der Waals surface area (Å²) < 4.78 is 16.7. The topological polar surface area (TPSA) is 78.9 Å². The van der Waals surface area contributed by atoms with Crippen molar-refractivity contribution in [3.8, 4) is 0 Å². The zero-order valence-corrected chi connectivity index (χ0v) is 34.7. The van der Waals surface area contributed by atoms with Crippen molar-refractivity contribution in [1.29, 1.82) is 0 Å². The van der Waals surface area contributed by atoms with E-state index in [0.29, 0.717) is 19.3 Å². The van der Waals surface area contributed by atoms with Gasteiger partial charge in [0.05, 0.1) is 0 Å². The van der Waals surface area contributed by atoms with Crippen molar-refractivity contribution >= 4 is 17.9 Å². The van der Waals surface area contributed by atoms with Gasteiger partial charge in [-0.1, -0.05) is 202 Å². The number of carbonyl (C=O) groups excluding carboxylic acids is 3. The summed E-state index contributed by atoms with van der Waals surface area (Å²) in [5, 5.41) is 0. The minimum atomic E-state index is -0.760. The first-order chi connectivity index (χ1) is 24.7. The highest BCUT2D eigenvalue weighted by Gasteiger charge is 2.19. The van der Waals surface area contributed by atoms with Crippen LogP contribution in [0.15, 0.2) is 0 Å². The minimum absolute atomic E-state index is 0.0657. The van der Waals surface area contributed by atoms with E-state index in [4.69, 9.17) is 14.2 Å². The molecule has 0 aromatic heterocycles. The predicted molar refractivity (Wildman–Crippen MR) is 215 cm³/mol. The van der Waals surface area contributed by atoms with Gasteiger partial charge in [-0.05, 0) is 31.1 Å². The highest BCUT2D eigenvalue weighted by molar-refractivity contribution is 5.71. The van der Waals surface area contributed by atoms with Crippen LogP contribution in [-0.2, 0) is 28.6 Å². The van der Waals surface area contributed by atoms with Gasteiger partial charge in [-0.3, -0.25) is 14.4 Å². The zero-order valence-electron chi connectivity index (χ0n) is 34.7. The zero-order chi connectivity index (χ0) is 37.6. The van der Waals surface area contributed by atoms with E-state index in [1.807, 2.05) is 0 Å². The van der Waals surface area contributed by atoms with E-state index in [2.05, 4.69) is 34.6 Å². The molecule has 0 aliphatic heterocycles. The van der Waals surface area contributed by atoms with Crippen LogP contribution in [-0.4, -0.2) is 37.2 Å². The van der Waals surface area contributed by atoms with Gasteiger partial charge in [-0.25, -0.2) is 0 Å². The van der Waals surface area contributed by atoms with Gasteiger partial charge in [0, 0.05) is 19.3 Å². The maximum absolute atomic E-state index is 12.7. The monoisotopic (exact) mass is 723 g/mol. The molecule has 0 N–H and O–H groups in total. The quantitative estimate of drug-likeness (QED) is 0.0357. The number of esters is 3. The molecule has 0 spiro atoms. The molecule has 0 unspecified atom stereocenters. The lowest BCUT2D eigenvalue weighted by atomic mass is 10.0. The van der Waals surface area contributed by atoms with E-state index in [-0.39, 0.29) is 31.1 Å². The average molecular weight is 723 g/mol. The molecule has 0 aliphatic rings. The first-order valence-electron chi connectivity index (χ1n) is 22.2. The molecule has 6 heteroatoms. The summed E-state index contributed by atoms with van der Waals surface area (Å²) in [6, 6.07) is 0. The Morgan fingerprint density at radius 1 is 0.373 bits per heavy atom. The molecule has 0 fully saturated rings. The number of rotatable bonds is 39. The Hall–Kier alpha value is -1.59. The molecule has 302 valence electrons. The fourth-order valence-corrected chi connectivity index (χ4v) is 6.58. The van der Waals surface area contributed by atoms with Gasteiger partial charge in [-0.15, -0.1) is 0 Å². The van der Waals surface area contributed by atoms with E-state index in [1.165, 1.54) is 128 Å². The van der Waals surface area contributed by atoms with Gasteiger partial charge in [0.2, 0.25) is 0 Å². The Kier molecular flexibility index (Phi) is 37.0. The second kappa shape index (κ2) is 38.1. The van der Waals surface area contributed by atoms with Gasteiger partial charge >= 0.3 is 17.9 Å². The summed E-state index contributed by atoms with van der Waals surface area (Å²) in [5.41, 5.74) is 0. The smallest absolute Gasteiger partial charge is 0.306 e. The molecule has 0 aromatic carbocycles. The van der Waals surface area contributed by atoms with Gasteiger partial charge in [-0.2, -0.15) is 0 Å². The third-order valence-corrected chi connectivity index (χ3v) is 9.97. The molecular weight excluding hydrogens is 636 g/mol. The summed E-state index contributed by atoms with van der Waals surface area (Å²) in [6.07, 6.45) is 35.3. The lowest BCUT2D eigenvalue weighted by Gasteiger charge is -2.18. The maximum atomic E-state index is 12.7. The summed E-state index contributed by atoms with van der Waals surface area (Å²) >= 11 is 0. The molecule has 0 saturated carbocycles. The van der Waals surface area contributed by atoms with Crippen molar-refractivity contribution in [1.82, 2.24) is 0 Å². The van der Waals surface area contributed by atoms with Crippen LogP contribution in [0.1, 0.15) is 240 Å². The Bertz CT molecular complexity index is 779. The van der Waals surface area contributed by atoms with Crippen LogP contribution >= 0.6 is 0 Å². The van der Waals surface area contributed by atoms with E-state index >= 15 is 0 Å². The molecule has 1 atom stereocenters. The Labute approximate surface area is 317 Å². The fraction of sp³-hybridized carbons (Fsp3) is 0.933. The number of hydrogen-bond acceptors (Lipinski definition) is 6. The molecule has 0 aromatic rings. The number of unbranched alkanes of at least 4 members (excludes halogenated alkanes) is 24. The van der Waals surface area contributed by atoms with E-state index in [9.17, 15) is 14.4 Å². The highest BCUT2D eigenvalue weighted by Crippen LogP contribution is 2.16. The Morgan fingerprint density at radius 3 is 0.961 bits per heavy atom. The number of hydrogen-bond donors (Lipinski definition) is 0. The van der Waals surface area contributed by atoms with E-state index in [0.717, 1.165) is 69.6 Å². The van der Waals surface area contributed by atoms with Crippen LogP contribution in [0.2, 0.25) is 0 Å². The van der Waals surface area contributed by atoms with Gasteiger partial charge < -0.3 is 14.2 Å². The van der Waals surface area contributed by atoms with Crippen LogP contribution in [0.4, 0.5) is 0 Å². The number of ether oxygens (including phenoxy) is 3. The second-order valence-electron chi connectivity index (χ2n) is 16.3. The van der Waals surface area contributed by atoms with Crippen LogP contribution in [0.5, 0.6) is 0 Å². The molecular formula is C45H86O6. The molecule has 0 saturated heterocycles. The first kappa shape index (κ1) is 49.4. The minimum Gasteiger partial charge on any atom is -0.462 e. The molecule has 0 aliphatic carbocycles. The third-order valence-electron chi connectivity index (χ3n) is 9.97. The SMILES string of the molecule is CCCCCCCCCCCCCC(=O)OC[C@@H](COC(=O)CCCCCCCCC(C)C)OC(=O)CCCCCCCCCCCCC(C)C. The largest absolute Gasteiger partial charge is 0.462 e. The first-order valence-corrected chi connectivity index (χ1v) is 22.2.